The van der Waals surface area contributed by atoms with E-state index in [1.807, 2.05) is 18.4 Å². The van der Waals surface area contributed by atoms with Crippen LogP contribution in [-0.2, 0) is 24.1 Å². The fraction of sp³-hybridized carbons (Fsp3) is 0.667. The van der Waals surface area contributed by atoms with Crippen LogP contribution in [0.4, 0.5) is 0 Å². The predicted octanol–water partition coefficient (Wildman–Crippen LogP) is 1.96. The smallest absolute Gasteiger partial charge is 0.356 e. The maximum Gasteiger partial charge on any atom is 0.356 e. The lowest BCUT2D eigenvalue weighted by Crippen LogP contribution is -2.18. The first-order chi connectivity index (χ1) is 7.77. The van der Waals surface area contributed by atoms with Gasteiger partial charge in [0.15, 0.2) is 5.69 Å². The lowest BCUT2D eigenvalue weighted by atomic mass is 10.1. The first-order valence-corrected chi connectivity index (χ1v) is 6.03. The number of hydrogen-bond donors (Lipinski definition) is 0. The largest absolute Gasteiger partial charge is 0.461 e. The summed E-state index contributed by atoms with van der Waals surface area (Å²) in [7, 11) is 0. The van der Waals surface area contributed by atoms with Crippen molar-refractivity contribution in [3.63, 3.8) is 0 Å². The third kappa shape index (κ3) is 1.84. The average molecular weight is 222 g/mol. The monoisotopic (exact) mass is 222 g/mol. The summed E-state index contributed by atoms with van der Waals surface area (Å²) in [6.45, 7) is 5.17. The van der Waals surface area contributed by atoms with Crippen LogP contribution >= 0.6 is 0 Å². The molecule has 0 aromatic carbocycles. The lowest BCUT2D eigenvalue weighted by molar-refractivity contribution is 0.0511. The molecule has 16 heavy (non-hydrogen) atoms. The normalized spacial score (nSPS) is 14.6. The minimum Gasteiger partial charge on any atom is -0.461 e. The van der Waals surface area contributed by atoms with Crippen molar-refractivity contribution in [3.05, 3.63) is 17.2 Å². The van der Waals surface area contributed by atoms with E-state index >= 15 is 0 Å². The van der Waals surface area contributed by atoms with Crippen molar-refractivity contribution >= 4 is 5.97 Å². The van der Waals surface area contributed by atoms with Gasteiger partial charge in [0.05, 0.1) is 12.3 Å². The lowest BCUT2D eigenvalue weighted by Gasteiger charge is -2.15. The first kappa shape index (κ1) is 11.2. The molecule has 0 aliphatic carbocycles. The first-order valence-electron chi connectivity index (χ1n) is 6.03. The van der Waals surface area contributed by atoms with Crippen molar-refractivity contribution in [2.45, 2.75) is 46.1 Å². The van der Waals surface area contributed by atoms with Crippen LogP contribution in [0.3, 0.4) is 0 Å². The van der Waals surface area contributed by atoms with Crippen LogP contribution in [0, 0.1) is 0 Å². The summed E-state index contributed by atoms with van der Waals surface area (Å²) >= 11 is 0. The summed E-state index contributed by atoms with van der Waals surface area (Å²) in [5, 5.41) is 0. The molecule has 0 saturated carbocycles. The van der Waals surface area contributed by atoms with Crippen molar-refractivity contribution in [3.8, 4) is 0 Å². The number of imidazole rings is 1. The second kappa shape index (κ2) is 4.68. The topological polar surface area (TPSA) is 44.1 Å². The minimum absolute atomic E-state index is 0.222. The molecule has 1 aromatic heterocycles. The number of carbonyl (C=O) groups excluding carboxylic acids is 1. The molecule has 0 N–H and O–H groups in total. The zero-order valence-electron chi connectivity index (χ0n) is 9.95. The van der Waals surface area contributed by atoms with E-state index in [-0.39, 0.29) is 5.97 Å². The quantitative estimate of drug-likeness (QED) is 0.734. The highest BCUT2D eigenvalue weighted by Gasteiger charge is 2.24. The van der Waals surface area contributed by atoms with Crippen molar-refractivity contribution in [1.82, 2.24) is 9.55 Å². The number of esters is 1. The van der Waals surface area contributed by atoms with Gasteiger partial charge in [-0.15, -0.1) is 0 Å². The Bertz CT molecular complexity index is 396. The number of nitrogens with zero attached hydrogens (tertiary/aromatic N) is 2. The average Bonchev–Trinajstić information content (AvgIpc) is 2.67. The molecule has 2 heterocycles. The van der Waals surface area contributed by atoms with Crippen molar-refractivity contribution in [1.29, 1.82) is 0 Å². The van der Waals surface area contributed by atoms with E-state index in [4.69, 9.17) is 4.74 Å². The second-order valence-electron chi connectivity index (χ2n) is 4.01. The van der Waals surface area contributed by atoms with Gasteiger partial charge in [-0.3, -0.25) is 0 Å². The van der Waals surface area contributed by atoms with E-state index in [2.05, 4.69) is 4.98 Å². The van der Waals surface area contributed by atoms with Crippen LogP contribution in [0.1, 0.15) is 48.7 Å². The molecule has 2 rings (SSSR count). The molecule has 0 spiro atoms. The molecule has 1 aliphatic rings. The fourth-order valence-corrected chi connectivity index (χ4v) is 2.21. The number of hydrogen-bond acceptors (Lipinski definition) is 3. The highest BCUT2D eigenvalue weighted by atomic mass is 16.5. The van der Waals surface area contributed by atoms with Crippen molar-refractivity contribution < 1.29 is 9.53 Å². The van der Waals surface area contributed by atoms with E-state index in [0.717, 1.165) is 37.3 Å². The van der Waals surface area contributed by atoms with E-state index in [9.17, 15) is 4.79 Å². The van der Waals surface area contributed by atoms with Crippen LogP contribution in [0.25, 0.3) is 0 Å². The van der Waals surface area contributed by atoms with Crippen molar-refractivity contribution in [2.75, 3.05) is 6.61 Å². The van der Waals surface area contributed by atoms with Gasteiger partial charge >= 0.3 is 5.97 Å². The highest BCUT2D eigenvalue weighted by Crippen LogP contribution is 2.20. The molecule has 0 saturated heterocycles. The summed E-state index contributed by atoms with van der Waals surface area (Å²) in [6.07, 6.45) is 4.06. The van der Waals surface area contributed by atoms with Gasteiger partial charge in [0.1, 0.15) is 5.82 Å². The van der Waals surface area contributed by atoms with Crippen LogP contribution in [0.15, 0.2) is 0 Å². The van der Waals surface area contributed by atoms with Gasteiger partial charge in [0, 0.05) is 13.0 Å². The Hall–Kier alpha value is -1.32. The molecule has 0 radical (unpaired) electrons. The van der Waals surface area contributed by atoms with E-state index in [1.165, 1.54) is 6.42 Å². The zero-order chi connectivity index (χ0) is 11.5. The van der Waals surface area contributed by atoms with Crippen LogP contribution < -0.4 is 0 Å². The fourth-order valence-electron chi connectivity index (χ4n) is 2.21. The van der Waals surface area contributed by atoms with E-state index < -0.39 is 0 Å². The summed E-state index contributed by atoms with van der Waals surface area (Å²) < 4.78 is 7.14. The summed E-state index contributed by atoms with van der Waals surface area (Å²) in [5.41, 5.74) is 1.56. The highest BCUT2D eigenvalue weighted by molar-refractivity contribution is 5.89. The third-order valence-corrected chi connectivity index (χ3v) is 2.95. The number of carbonyl (C=O) groups is 1. The standard InChI is InChI=1S/C12H18N2O2/c1-3-9-11(12(15)16-4-2)14-8-6-5-7-10(14)13-9/h3-8H2,1-2H3. The zero-order valence-corrected chi connectivity index (χ0v) is 9.95. The molecule has 0 amide bonds. The Morgan fingerprint density at radius 3 is 2.94 bits per heavy atom. The van der Waals surface area contributed by atoms with Gasteiger partial charge in [-0.05, 0) is 26.2 Å². The van der Waals surface area contributed by atoms with E-state index in [1.54, 1.807) is 0 Å². The molecule has 1 aromatic rings. The molecule has 88 valence electrons. The molecule has 0 atom stereocenters. The maximum absolute atomic E-state index is 11.9. The molecule has 0 bridgehead atoms. The van der Waals surface area contributed by atoms with E-state index in [0.29, 0.717) is 12.3 Å². The minimum atomic E-state index is -0.222. The predicted molar refractivity (Wildman–Crippen MR) is 60.5 cm³/mol. The SMILES string of the molecule is CCOC(=O)c1c(CC)nc2n1CCCC2. The number of fused-ring (bicyclic) bond motifs is 1. The van der Waals surface area contributed by atoms with Crippen LogP contribution in [-0.4, -0.2) is 22.1 Å². The van der Waals surface area contributed by atoms with Crippen LogP contribution in [0.2, 0.25) is 0 Å². The Morgan fingerprint density at radius 2 is 2.25 bits per heavy atom. The Kier molecular flexibility index (Phi) is 3.27. The molecule has 4 heteroatoms. The van der Waals surface area contributed by atoms with Crippen molar-refractivity contribution in [2.24, 2.45) is 0 Å². The van der Waals surface area contributed by atoms with Gasteiger partial charge in [-0.25, -0.2) is 9.78 Å². The van der Waals surface area contributed by atoms with Gasteiger partial charge in [0.25, 0.3) is 0 Å². The maximum atomic E-state index is 11.9. The number of aryl methyl sites for hydroxylation is 2. The summed E-state index contributed by atoms with van der Waals surface area (Å²) in [5.74, 6) is 0.825. The Balaban J connectivity index is 2.40. The Morgan fingerprint density at radius 1 is 1.44 bits per heavy atom. The molecule has 4 nitrogen and oxygen atoms in total. The summed E-state index contributed by atoms with van der Waals surface area (Å²) in [6, 6.07) is 0. The molecule has 1 aliphatic heterocycles. The number of rotatable bonds is 3. The molecular formula is C12H18N2O2. The number of aromatic nitrogens is 2. The van der Waals surface area contributed by atoms with Crippen LogP contribution in [0.5, 0.6) is 0 Å². The molecular weight excluding hydrogens is 204 g/mol. The van der Waals surface area contributed by atoms with Gasteiger partial charge < -0.3 is 9.30 Å². The Labute approximate surface area is 95.6 Å². The van der Waals surface area contributed by atoms with Gasteiger partial charge in [0.2, 0.25) is 0 Å². The molecule has 0 unspecified atom stereocenters. The van der Waals surface area contributed by atoms with Gasteiger partial charge in [-0.2, -0.15) is 0 Å². The third-order valence-electron chi connectivity index (χ3n) is 2.95. The molecule has 0 fully saturated rings. The number of ether oxygens (including phenoxy) is 1. The second-order valence-corrected chi connectivity index (χ2v) is 4.01. The van der Waals surface area contributed by atoms with Gasteiger partial charge in [-0.1, -0.05) is 6.92 Å². The summed E-state index contributed by atoms with van der Waals surface area (Å²) in [4.78, 5) is 16.4.